The first kappa shape index (κ1) is 5.72. The van der Waals surface area contributed by atoms with Crippen molar-refractivity contribution in [3.63, 3.8) is 0 Å². The summed E-state index contributed by atoms with van der Waals surface area (Å²) in [6.07, 6.45) is 5.46. The maximum atomic E-state index is 6.10. The highest BCUT2D eigenvalue weighted by molar-refractivity contribution is 5.17. The number of fused-ring (bicyclic) bond motifs is 1. The van der Waals surface area contributed by atoms with Crippen LogP contribution >= 0.6 is 0 Å². The Kier molecular flexibility index (Phi) is 0.963. The summed E-state index contributed by atoms with van der Waals surface area (Å²) in [6.45, 7) is 2.22. The van der Waals surface area contributed by atoms with Gasteiger partial charge in [-0.3, -0.25) is 0 Å². The van der Waals surface area contributed by atoms with Crippen molar-refractivity contribution in [2.75, 3.05) is 0 Å². The highest BCUT2D eigenvalue weighted by Gasteiger charge is 2.61. The summed E-state index contributed by atoms with van der Waals surface area (Å²) < 4.78 is 0. The van der Waals surface area contributed by atoms with Gasteiger partial charge in [0.15, 0.2) is 0 Å². The van der Waals surface area contributed by atoms with E-state index in [9.17, 15) is 0 Å². The largest absolute Gasteiger partial charge is 0.325 e. The van der Waals surface area contributed by atoms with Crippen molar-refractivity contribution in [3.05, 3.63) is 0 Å². The fourth-order valence-corrected chi connectivity index (χ4v) is 2.65. The van der Waals surface area contributed by atoms with Gasteiger partial charge in [-0.25, -0.2) is 0 Å². The van der Waals surface area contributed by atoms with Gasteiger partial charge in [-0.2, -0.15) is 0 Å². The summed E-state index contributed by atoms with van der Waals surface area (Å²) >= 11 is 0. The van der Waals surface area contributed by atoms with E-state index in [0.717, 1.165) is 11.8 Å². The summed E-state index contributed by atoms with van der Waals surface area (Å²) in [5.41, 5.74) is 6.40. The quantitative estimate of drug-likeness (QED) is 0.565. The molecule has 0 aromatic rings. The summed E-state index contributed by atoms with van der Waals surface area (Å²) in [7, 11) is 0. The van der Waals surface area contributed by atoms with E-state index in [1.807, 2.05) is 0 Å². The minimum Gasteiger partial charge on any atom is -0.325 e. The molecule has 0 heterocycles. The molecule has 0 bridgehead atoms. The molecule has 0 aromatic carbocycles. The van der Waals surface area contributed by atoms with Crippen LogP contribution in [0.5, 0.6) is 0 Å². The van der Waals surface area contributed by atoms with Crippen LogP contribution in [0.3, 0.4) is 0 Å². The molecule has 1 heteroatoms. The van der Waals surface area contributed by atoms with E-state index in [1.54, 1.807) is 0 Å². The van der Waals surface area contributed by atoms with Crippen LogP contribution in [-0.2, 0) is 0 Å². The summed E-state index contributed by atoms with van der Waals surface area (Å²) in [4.78, 5) is 0. The smallest absolute Gasteiger partial charge is 0.0215 e. The van der Waals surface area contributed by atoms with Crippen LogP contribution in [-0.4, -0.2) is 5.54 Å². The highest BCUT2D eigenvalue weighted by Crippen LogP contribution is 2.60. The standard InChI is InChI=1S/C8H15N/c1-2-8(9)6-4-3-5-7(6)8/h6-7H,2-5,9H2,1H3. The maximum absolute atomic E-state index is 6.10. The number of hydrogen-bond donors (Lipinski definition) is 1. The summed E-state index contributed by atoms with van der Waals surface area (Å²) in [5, 5.41) is 0. The van der Waals surface area contributed by atoms with Gasteiger partial charge in [0.2, 0.25) is 0 Å². The Morgan fingerprint density at radius 3 is 2.33 bits per heavy atom. The monoisotopic (exact) mass is 125 g/mol. The van der Waals surface area contributed by atoms with Crippen molar-refractivity contribution < 1.29 is 0 Å². The Balaban J connectivity index is 2.07. The van der Waals surface area contributed by atoms with Gasteiger partial charge in [-0.1, -0.05) is 13.3 Å². The zero-order valence-corrected chi connectivity index (χ0v) is 6.06. The van der Waals surface area contributed by atoms with E-state index in [0.29, 0.717) is 5.54 Å². The van der Waals surface area contributed by atoms with Crippen molar-refractivity contribution in [1.29, 1.82) is 0 Å². The first-order chi connectivity index (χ1) is 4.29. The lowest BCUT2D eigenvalue weighted by Crippen LogP contribution is -2.27. The molecular formula is C8H15N. The first-order valence-corrected chi connectivity index (χ1v) is 4.08. The van der Waals surface area contributed by atoms with E-state index in [2.05, 4.69) is 6.92 Å². The fraction of sp³-hybridized carbons (Fsp3) is 1.00. The van der Waals surface area contributed by atoms with Gasteiger partial charge in [-0.05, 0) is 31.1 Å². The minimum atomic E-state index is 0.304. The predicted molar refractivity (Wildman–Crippen MR) is 38.0 cm³/mol. The van der Waals surface area contributed by atoms with Crippen LogP contribution < -0.4 is 5.73 Å². The zero-order valence-electron chi connectivity index (χ0n) is 6.06. The lowest BCUT2D eigenvalue weighted by molar-refractivity contribution is 0.490. The molecule has 2 atom stereocenters. The molecule has 0 saturated heterocycles. The molecule has 0 aliphatic heterocycles. The Bertz CT molecular complexity index is 121. The molecule has 2 aliphatic carbocycles. The Hall–Kier alpha value is -0.0400. The van der Waals surface area contributed by atoms with Crippen molar-refractivity contribution in [2.45, 2.75) is 38.1 Å². The second-order valence-electron chi connectivity index (χ2n) is 3.61. The molecule has 0 amide bonds. The normalized spacial score (nSPS) is 55.3. The van der Waals surface area contributed by atoms with Gasteiger partial charge in [0.25, 0.3) is 0 Å². The average Bonchev–Trinajstić information content (AvgIpc) is 2.39. The molecule has 0 radical (unpaired) electrons. The fourth-order valence-electron chi connectivity index (χ4n) is 2.65. The second kappa shape index (κ2) is 1.51. The van der Waals surface area contributed by atoms with Gasteiger partial charge in [0.1, 0.15) is 0 Å². The third-order valence-electron chi connectivity index (χ3n) is 3.40. The van der Waals surface area contributed by atoms with Crippen molar-refractivity contribution >= 4 is 0 Å². The number of nitrogens with two attached hydrogens (primary N) is 1. The highest BCUT2D eigenvalue weighted by atomic mass is 14.9. The van der Waals surface area contributed by atoms with Crippen molar-refractivity contribution in [2.24, 2.45) is 17.6 Å². The molecule has 52 valence electrons. The second-order valence-corrected chi connectivity index (χ2v) is 3.61. The van der Waals surface area contributed by atoms with Gasteiger partial charge >= 0.3 is 0 Å². The van der Waals surface area contributed by atoms with Gasteiger partial charge < -0.3 is 5.73 Å². The third kappa shape index (κ3) is 0.536. The number of rotatable bonds is 1. The molecule has 0 aromatic heterocycles. The van der Waals surface area contributed by atoms with Crippen LogP contribution in [0.25, 0.3) is 0 Å². The van der Waals surface area contributed by atoms with E-state index in [4.69, 9.17) is 5.73 Å². The van der Waals surface area contributed by atoms with Crippen LogP contribution in [0.2, 0.25) is 0 Å². The lowest BCUT2D eigenvalue weighted by atomic mass is 10.0. The lowest BCUT2D eigenvalue weighted by Gasteiger charge is -2.10. The molecule has 1 nitrogen and oxygen atoms in total. The molecule has 2 aliphatic rings. The Morgan fingerprint density at radius 1 is 1.44 bits per heavy atom. The van der Waals surface area contributed by atoms with Crippen molar-refractivity contribution in [3.8, 4) is 0 Å². The van der Waals surface area contributed by atoms with Crippen molar-refractivity contribution in [1.82, 2.24) is 0 Å². The predicted octanol–water partition coefficient (Wildman–Crippen LogP) is 1.52. The van der Waals surface area contributed by atoms with Crippen LogP contribution in [0, 0.1) is 11.8 Å². The topological polar surface area (TPSA) is 26.0 Å². The molecule has 2 N–H and O–H groups in total. The first-order valence-electron chi connectivity index (χ1n) is 4.08. The molecule has 2 unspecified atom stereocenters. The molecular weight excluding hydrogens is 110 g/mol. The molecule has 2 saturated carbocycles. The van der Waals surface area contributed by atoms with Gasteiger partial charge in [-0.15, -0.1) is 0 Å². The van der Waals surface area contributed by atoms with Crippen LogP contribution in [0.1, 0.15) is 32.6 Å². The molecule has 0 spiro atoms. The third-order valence-corrected chi connectivity index (χ3v) is 3.40. The minimum absolute atomic E-state index is 0.304. The molecule has 2 fully saturated rings. The van der Waals surface area contributed by atoms with E-state index < -0.39 is 0 Å². The Morgan fingerprint density at radius 2 is 2.00 bits per heavy atom. The van der Waals surface area contributed by atoms with Crippen LogP contribution in [0.4, 0.5) is 0 Å². The summed E-state index contributed by atoms with van der Waals surface area (Å²) in [5.74, 6) is 1.84. The van der Waals surface area contributed by atoms with E-state index in [1.165, 1.54) is 25.7 Å². The average molecular weight is 125 g/mol. The molecule has 2 rings (SSSR count). The molecule has 9 heavy (non-hydrogen) atoms. The maximum Gasteiger partial charge on any atom is 0.0215 e. The van der Waals surface area contributed by atoms with E-state index in [-0.39, 0.29) is 0 Å². The Labute approximate surface area is 56.6 Å². The van der Waals surface area contributed by atoms with Gasteiger partial charge in [0, 0.05) is 5.54 Å². The zero-order chi connectivity index (χ0) is 6.48. The van der Waals surface area contributed by atoms with E-state index >= 15 is 0 Å². The SMILES string of the molecule is CCC1(N)C2CCCC21. The van der Waals surface area contributed by atoms with Gasteiger partial charge in [0.05, 0.1) is 0 Å². The van der Waals surface area contributed by atoms with Crippen LogP contribution in [0.15, 0.2) is 0 Å². The number of hydrogen-bond acceptors (Lipinski definition) is 1. The summed E-state index contributed by atoms with van der Waals surface area (Å²) in [6, 6.07) is 0.